The van der Waals surface area contributed by atoms with Crippen molar-refractivity contribution in [1.82, 2.24) is 5.32 Å². The molecule has 20 heavy (non-hydrogen) atoms. The van der Waals surface area contributed by atoms with Gasteiger partial charge in [0, 0.05) is 12.5 Å². The molecule has 0 spiro atoms. The van der Waals surface area contributed by atoms with E-state index in [4.69, 9.17) is 0 Å². The number of carboxylic acid groups (broad SMARTS) is 1. The Bertz CT molecular complexity index is 337. The van der Waals surface area contributed by atoms with Gasteiger partial charge in [0.1, 0.15) is 0 Å². The maximum absolute atomic E-state index is 12.0. The van der Waals surface area contributed by atoms with E-state index in [0.29, 0.717) is 18.8 Å². The minimum atomic E-state index is -0.756. The highest BCUT2D eigenvalue weighted by Gasteiger charge is 2.30. The van der Waals surface area contributed by atoms with Crippen LogP contribution in [0.25, 0.3) is 0 Å². The third-order valence-electron chi connectivity index (χ3n) is 4.93. The van der Waals surface area contributed by atoms with Gasteiger partial charge < -0.3 is 10.4 Å². The smallest absolute Gasteiger partial charge is 0.308 e. The van der Waals surface area contributed by atoms with E-state index in [1.807, 2.05) is 0 Å². The Labute approximate surface area is 121 Å². The molecule has 2 rings (SSSR count). The molecule has 0 radical (unpaired) electrons. The second kappa shape index (κ2) is 7.65. The van der Waals surface area contributed by atoms with Crippen molar-refractivity contribution in [1.29, 1.82) is 0 Å². The Morgan fingerprint density at radius 1 is 0.950 bits per heavy atom. The zero-order valence-electron chi connectivity index (χ0n) is 12.3. The van der Waals surface area contributed by atoms with E-state index in [-0.39, 0.29) is 11.9 Å². The quantitative estimate of drug-likeness (QED) is 0.761. The highest BCUT2D eigenvalue weighted by molar-refractivity contribution is 5.78. The van der Waals surface area contributed by atoms with E-state index in [1.54, 1.807) is 0 Å². The topological polar surface area (TPSA) is 66.4 Å². The van der Waals surface area contributed by atoms with Crippen LogP contribution >= 0.6 is 0 Å². The van der Waals surface area contributed by atoms with Crippen molar-refractivity contribution in [2.45, 2.75) is 76.7 Å². The molecule has 0 aromatic carbocycles. The van der Waals surface area contributed by atoms with Crippen molar-refractivity contribution in [3.63, 3.8) is 0 Å². The minimum absolute atomic E-state index is 0.0510. The van der Waals surface area contributed by atoms with Gasteiger partial charge in [0.15, 0.2) is 0 Å². The fourth-order valence-electron chi connectivity index (χ4n) is 3.69. The van der Waals surface area contributed by atoms with E-state index in [1.165, 1.54) is 25.7 Å². The Balaban J connectivity index is 1.79. The maximum Gasteiger partial charge on any atom is 0.308 e. The van der Waals surface area contributed by atoms with E-state index in [0.717, 1.165) is 32.1 Å². The molecule has 4 heteroatoms. The SMILES string of the molecule is O=C(CCC1CCCC1)N[C@H]1CCCCC[C@H]1C(=O)O. The predicted octanol–water partition coefficient (Wildman–Crippen LogP) is 3.11. The number of nitrogens with one attached hydrogen (secondary N) is 1. The van der Waals surface area contributed by atoms with Crippen LogP contribution in [0, 0.1) is 11.8 Å². The van der Waals surface area contributed by atoms with Crippen LogP contribution in [-0.4, -0.2) is 23.0 Å². The third-order valence-corrected chi connectivity index (χ3v) is 4.93. The largest absolute Gasteiger partial charge is 0.481 e. The molecule has 0 aliphatic heterocycles. The molecule has 114 valence electrons. The van der Waals surface area contributed by atoms with Crippen LogP contribution in [0.4, 0.5) is 0 Å². The number of carboxylic acids is 1. The summed E-state index contributed by atoms with van der Waals surface area (Å²) in [5.74, 6) is -0.388. The lowest BCUT2D eigenvalue weighted by Gasteiger charge is -2.23. The van der Waals surface area contributed by atoms with Gasteiger partial charge in [-0.3, -0.25) is 9.59 Å². The molecule has 2 atom stereocenters. The molecule has 0 bridgehead atoms. The number of hydrogen-bond acceptors (Lipinski definition) is 2. The molecule has 0 saturated heterocycles. The van der Waals surface area contributed by atoms with Gasteiger partial charge in [0.25, 0.3) is 0 Å². The second-order valence-corrected chi connectivity index (χ2v) is 6.45. The summed E-state index contributed by atoms with van der Waals surface area (Å²) >= 11 is 0. The molecule has 4 nitrogen and oxygen atoms in total. The molecule has 0 heterocycles. The normalized spacial score (nSPS) is 28.0. The van der Waals surface area contributed by atoms with Gasteiger partial charge in [-0.05, 0) is 25.2 Å². The van der Waals surface area contributed by atoms with Crippen molar-refractivity contribution >= 4 is 11.9 Å². The minimum Gasteiger partial charge on any atom is -0.481 e. The third kappa shape index (κ3) is 4.50. The number of carbonyl (C=O) groups is 2. The van der Waals surface area contributed by atoms with Gasteiger partial charge >= 0.3 is 5.97 Å². The molecule has 2 aliphatic rings. The van der Waals surface area contributed by atoms with E-state index < -0.39 is 11.9 Å². The van der Waals surface area contributed by atoms with Crippen LogP contribution in [0.15, 0.2) is 0 Å². The van der Waals surface area contributed by atoms with Gasteiger partial charge in [-0.25, -0.2) is 0 Å². The number of carbonyl (C=O) groups excluding carboxylic acids is 1. The highest BCUT2D eigenvalue weighted by atomic mass is 16.4. The summed E-state index contributed by atoms with van der Waals surface area (Å²) in [6.07, 6.45) is 11.2. The second-order valence-electron chi connectivity index (χ2n) is 6.45. The summed E-state index contributed by atoms with van der Waals surface area (Å²) in [6.45, 7) is 0. The standard InChI is InChI=1S/C16H27NO3/c18-15(11-10-12-6-4-5-7-12)17-14-9-3-1-2-8-13(14)16(19)20/h12-14H,1-11H2,(H,17,18)(H,19,20)/t13-,14+/m1/s1. The molecule has 0 aromatic heterocycles. The number of aliphatic carboxylic acids is 1. The zero-order valence-corrected chi connectivity index (χ0v) is 12.3. The molecule has 2 aliphatic carbocycles. The lowest BCUT2D eigenvalue weighted by molar-refractivity contribution is -0.143. The Kier molecular flexibility index (Phi) is 5.86. The van der Waals surface area contributed by atoms with Crippen LogP contribution in [0.5, 0.6) is 0 Å². The average Bonchev–Trinajstić information content (AvgIpc) is 2.82. The van der Waals surface area contributed by atoms with Crippen LogP contribution in [0.1, 0.15) is 70.6 Å². The van der Waals surface area contributed by atoms with Crippen molar-refractivity contribution in [2.24, 2.45) is 11.8 Å². The molecule has 2 N–H and O–H groups in total. The van der Waals surface area contributed by atoms with Crippen molar-refractivity contribution in [3.05, 3.63) is 0 Å². The summed E-state index contributed by atoms with van der Waals surface area (Å²) in [4.78, 5) is 23.4. The Morgan fingerprint density at radius 2 is 1.60 bits per heavy atom. The molecule has 0 unspecified atom stereocenters. The van der Waals surface area contributed by atoms with Crippen LogP contribution in [0.3, 0.4) is 0 Å². The monoisotopic (exact) mass is 281 g/mol. The van der Waals surface area contributed by atoms with E-state index >= 15 is 0 Å². The van der Waals surface area contributed by atoms with Gasteiger partial charge in [-0.1, -0.05) is 44.9 Å². The molecule has 2 saturated carbocycles. The van der Waals surface area contributed by atoms with Gasteiger partial charge in [-0.15, -0.1) is 0 Å². The van der Waals surface area contributed by atoms with Gasteiger partial charge in [0.05, 0.1) is 5.92 Å². The lowest BCUT2D eigenvalue weighted by atomic mass is 9.94. The molecule has 0 aromatic rings. The highest BCUT2D eigenvalue weighted by Crippen LogP contribution is 2.29. The summed E-state index contributed by atoms with van der Waals surface area (Å²) in [5, 5.41) is 12.3. The number of rotatable bonds is 5. The summed E-state index contributed by atoms with van der Waals surface area (Å²) < 4.78 is 0. The number of hydrogen-bond donors (Lipinski definition) is 2. The molecule has 1 amide bonds. The predicted molar refractivity (Wildman–Crippen MR) is 77.3 cm³/mol. The Morgan fingerprint density at radius 3 is 2.30 bits per heavy atom. The number of amides is 1. The molecule has 2 fully saturated rings. The average molecular weight is 281 g/mol. The fourth-order valence-corrected chi connectivity index (χ4v) is 3.69. The van der Waals surface area contributed by atoms with Crippen LogP contribution in [0.2, 0.25) is 0 Å². The molecular formula is C16H27NO3. The van der Waals surface area contributed by atoms with E-state index in [9.17, 15) is 14.7 Å². The summed E-state index contributed by atoms with van der Waals surface area (Å²) in [6, 6.07) is -0.161. The van der Waals surface area contributed by atoms with Crippen molar-refractivity contribution < 1.29 is 14.7 Å². The first-order chi connectivity index (χ1) is 9.66. The first-order valence-electron chi connectivity index (χ1n) is 8.19. The molecular weight excluding hydrogens is 254 g/mol. The van der Waals surface area contributed by atoms with Crippen molar-refractivity contribution in [3.8, 4) is 0 Å². The zero-order chi connectivity index (χ0) is 14.4. The lowest BCUT2D eigenvalue weighted by Crippen LogP contribution is -2.42. The van der Waals surface area contributed by atoms with Gasteiger partial charge in [-0.2, -0.15) is 0 Å². The van der Waals surface area contributed by atoms with Crippen LogP contribution < -0.4 is 5.32 Å². The first kappa shape index (κ1) is 15.3. The fraction of sp³-hybridized carbons (Fsp3) is 0.875. The Hall–Kier alpha value is -1.06. The van der Waals surface area contributed by atoms with Crippen molar-refractivity contribution in [2.75, 3.05) is 0 Å². The van der Waals surface area contributed by atoms with Crippen LogP contribution in [-0.2, 0) is 9.59 Å². The first-order valence-corrected chi connectivity index (χ1v) is 8.19. The van der Waals surface area contributed by atoms with Gasteiger partial charge in [0.2, 0.25) is 5.91 Å². The maximum atomic E-state index is 12.0. The van der Waals surface area contributed by atoms with E-state index in [2.05, 4.69) is 5.32 Å². The summed E-state index contributed by atoms with van der Waals surface area (Å²) in [7, 11) is 0. The summed E-state index contributed by atoms with van der Waals surface area (Å²) in [5.41, 5.74) is 0.